The molecule has 5 aromatic rings. The maximum atomic E-state index is 14.1. The van der Waals surface area contributed by atoms with E-state index in [4.69, 9.17) is 21.3 Å². The van der Waals surface area contributed by atoms with E-state index in [0.29, 0.717) is 84.2 Å². The number of halogens is 3. The molecule has 2 bridgehead atoms. The molecule has 3 aliphatic rings. The standard InChI is InChI=1S/C41H42ClF2N7O4/c1-23-27(5-4-8-30(23)47-36-34-32(48-37(50-36)35(43)44)17-24(18-45-34)20-51-16-11-26(52)21-51)28-6-3-7-29(33(28)42)31-10-9-25(38(49-31)55-2)19-46-41-14-12-40(22-41,13-15-41)39(53)54/h3-10,17-18,26,35,46,52H,11-16,19-22H2,1-2H3,(H,53,54)(H,47,48,50)/t26-,40?,41?/m1/s1. The van der Waals surface area contributed by atoms with Crippen molar-refractivity contribution >= 4 is 40.1 Å². The summed E-state index contributed by atoms with van der Waals surface area (Å²) < 4.78 is 33.8. The van der Waals surface area contributed by atoms with E-state index in [9.17, 15) is 23.8 Å². The van der Waals surface area contributed by atoms with E-state index < -0.39 is 23.6 Å². The Morgan fingerprint density at radius 3 is 2.53 bits per heavy atom. The first kappa shape index (κ1) is 37.1. The van der Waals surface area contributed by atoms with Crippen molar-refractivity contribution in [2.75, 3.05) is 25.5 Å². The summed E-state index contributed by atoms with van der Waals surface area (Å²) in [7, 11) is 1.58. The van der Waals surface area contributed by atoms with Crippen molar-refractivity contribution in [3.63, 3.8) is 0 Å². The molecule has 3 fully saturated rings. The summed E-state index contributed by atoms with van der Waals surface area (Å²) in [5.74, 6) is -0.672. The molecule has 2 aromatic carbocycles. The van der Waals surface area contributed by atoms with Gasteiger partial charge < -0.3 is 25.6 Å². The Morgan fingerprint density at radius 1 is 1.05 bits per heavy atom. The van der Waals surface area contributed by atoms with Crippen LogP contribution in [-0.2, 0) is 17.9 Å². The second-order valence-electron chi connectivity index (χ2n) is 15.2. The number of aliphatic hydroxyl groups excluding tert-OH is 1. The molecule has 0 amide bonds. The molecule has 0 radical (unpaired) electrons. The molecule has 286 valence electrons. The van der Waals surface area contributed by atoms with Gasteiger partial charge in [0.05, 0.1) is 34.9 Å². The number of β-amino-alcohol motifs (C(OH)–C–C–N with tert-alkyl or cyclic N) is 1. The molecule has 1 aliphatic heterocycles. The lowest BCUT2D eigenvalue weighted by Crippen LogP contribution is -2.40. The van der Waals surface area contributed by atoms with Crippen LogP contribution in [0.1, 0.15) is 67.5 Å². The van der Waals surface area contributed by atoms with Gasteiger partial charge in [-0.3, -0.25) is 14.7 Å². The number of likely N-dealkylation sites (tertiary alicyclic amines) is 1. The maximum absolute atomic E-state index is 14.1. The maximum Gasteiger partial charge on any atom is 0.309 e. The normalized spacial score (nSPS) is 22.2. The molecule has 4 N–H and O–H groups in total. The summed E-state index contributed by atoms with van der Waals surface area (Å²) in [6.07, 6.45) is 2.82. The molecule has 1 atom stereocenters. The lowest BCUT2D eigenvalue weighted by molar-refractivity contribution is -0.148. The number of rotatable bonds is 12. The van der Waals surface area contributed by atoms with Crippen LogP contribution in [0, 0.1) is 12.3 Å². The van der Waals surface area contributed by atoms with E-state index >= 15 is 0 Å². The van der Waals surface area contributed by atoms with Gasteiger partial charge in [-0.1, -0.05) is 48.0 Å². The van der Waals surface area contributed by atoms with Gasteiger partial charge in [-0.15, -0.1) is 0 Å². The fourth-order valence-electron chi connectivity index (χ4n) is 8.64. The van der Waals surface area contributed by atoms with E-state index in [-0.39, 0.29) is 17.5 Å². The molecule has 4 heterocycles. The third-order valence-corrected chi connectivity index (χ3v) is 12.1. The Labute approximate surface area is 322 Å². The highest BCUT2D eigenvalue weighted by molar-refractivity contribution is 6.36. The lowest BCUT2D eigenvalue weighted by Gasteiger charge is -2.28. The fraction of sp³-hybridized carbons (Fsp3) is 0.390. The summed E-state index contributed by atoms with van der Waals surface area (Å²) in [6.45, 7) is 4.24. The molecule has 3 aromatic heterocycles. The number of nitrogens with zero attached hydrogens (tertiary/aromatic N) is 5. The number of carbonyl (C=O) groups is 1. The fourth-order valence-corrected chi connectivity index (χ4v) is 8.97. The van der Waals surface area contributed by atoms with Gasteiger partial charge in [-0.05, 0) is 80.3 Å². The van der Waals surface area contributed by atoms with Crippen molar-refractivity contribution in [2.45, 2.75) is 76.6 Å². The molecule has 14 heteroatoms. The molecule has 2 aliphatic carbocycles. The lowest BCUT2D eigenvalue weighted by atomic mass is 9.84. The topological polar surface area (TPSA) is 146 Å². The minimum absolute atomic E-state index is 0.163. The van der Waals surface area contributed by atoms with Crippen LogP contribution in [0.15, 0.2) is 60.8 Å². The molecular weight excluding hydrogens is 728 g/mol. The number of benzene rings is 2. The Balaban J connectivity index is 1.05. The number of hydrogen-bond donors (Lipinski definition) is 4. The molecule has 0 unspecified atom stereocenters. The zero-order valence-corrected chi connectivity index (χ0v) is 31.3. The van der Waals surface area contributed by atoms with Gasteiger partial charge in [0.15, 0.2) is 11.6 Å². The second-order valence-corrected chi connectivity index (χ2v) is 15.5. The van der Waals surface area contributed by atoms with E-state index in [2.05, 4.69) is 30.5 Å². The summed E-state index contributed by atoms with van der Waals surface area (Å²) in [4.78, 5) is 31.8. The molecule has 2 saturated carbocycles. The number of aliphatic carboxylic acids is 1. The van der Waals surface area contributed by atoms with E-state index in [1.807, 2.05) is 55.5 Å². The number of fused-ring (bicyclic) bond motifs is 3. The monoisotopic (exact) mass is 769 g/mol. The first-order valence-corrected chi connectivity index (χ1v) is 18.9. The molecular formula is C41H42ClF2N7O4. The van der Waals surface area contributed by atoms with Gasteiger partial charge in [-0.2, -0.15) is 0 Å². The molecule has 55 heavy (non-hydrogen) atoms. The van der Waals surface area contributed by atoms with Gasteiger partial charge in [0.25, 0.3) is 6.43 Å². The van der Waals surface area contributed by atoms with E-state index in [0.717, 1.165) is 47.2 Å². The number of aliphatic hydroxyl groups is 1. The van der Waals surface area contributed by atoms with Crippen LogP contribution in [0.25, 0.3) is 33.4 Å². The highest BCUT2D eigenvalue weighted by Gasteiger charge is 2.58. The number of methoxy groups -OCH3 is 1. The van der Waals surface area contributed by atoms with Gasteiger partial charge >= 0.3 is 5.97 Å². The van der Waals surface area contributed by atoms with Crippen molar-refractivity contribution < 1.29 is 28.5 Å². The summed E-state index contributed by atoms with van der Waals surface area (Å²) in [5, 5.41) is 27.1. The SMILES string of the molecule is COc1nc(-c2cccc(-c3cccc(Nc4nc(C(F)F)nc5cc(CN6CC[C@@H](O)C6)cnc45)c3C)c2Cl)ccc1CNC12CCC(C(=O)O)(CC1)C2. The van der Waals surface area contributed by atoms with E-state index in [1.165, 1.54) is 0 Å². The zero-order chi connectivity index (χ0) is 38.5. The van der Waals surface area contributed by atoms with Gasteiger partial charge in [0, 0.05) is 60.3 Å². The van der Waals surface area contributed by atoms with Crippen LogP contribution in [0.5, 0.6) is 5.88 Å². The van der Waals surface area contributed by atoms with Gasteiger partial charge in [-0.25, -0.2) is 23.7 Å². The second kappa shape index (κ2) is 14.7. The molecule has 1 saturated heterocycles. The minimum Gasteiger partial charge on any atom is -0.481 e. The average Bonchev–Trinajstić information content (AvgIpc) is 3.89. The summed E-state index contributed by atoms with van der Waals surface area (Å²) in [6, 6.07) is 17.0. The van der Waals surface area contributed by atoms with Crippen LogP contribution in [0.2, 0.25) is 5.02 Å². The van der Waals surface area contributed by atoms with Crippen LogP contribution in [0.4, 0.5) is 20.3 Å². The van der Waals surface area contributed by atoms with Gasteiger partial charge in [0.1, 0.15) is 5.52 Å². The van der Waals surface area contributed by atoms with Crippen molar-refractivity contribution in [1.82, 2.24) is 30.2 Å². The Morgan fingerprint density at radius 2 is 1.82 bits per heavy atom. The number of carboxylic acid groups (broad SMARTS) is 1. The van der Waals surface area contributed by atoms with Crippen molar-refractivity contribution in [3.05, 3.63) is 88.3 Å². The number of anilines is 2. The summed E-state index contributed by atoms with van der Waals surface area (Å²) in [5.41, 5.74) is 5.90. The number of nitrogens with one attached hydrogen (secondary N) is 2. The zero-order valence-electron chi connectivity index (χ0n) is 30.6. The number of pyridine rings is 2. The number of alkyl halides is 2. The number of carboxylic acids is 1. The first-order valence-electron chi connectivity index (χ1n) is 18.5. The predicted octanol–water partition coefficient (Wildman–Crippen LogP) is 7.85. The van der Waals surface area contributed by atoms with Gasteiger partial charge in [0.2, 0.25) is 5.88 Å². The largest absolute Gasteiger partial charge is 0.481 e. The number of ether oxygens (including phenoxy) is 1. The minimum atomic E-state index is -2.89. The molecule has 11 nitrogen and oxygen atoms in total. The van der Waals surface area contributed by atoms with Crippen molar-refractivity contribution in [2.24, 2.45) is 5.41 Å². The average molecular weight is 770 g/mol. The van der Waals surface area contributed by atoms with Crippen LogP contribution < -0.4 is 15.4 Å². The predicted molar refractivity (Wildman–Crippen MR) is 206 cm³/mol. The Kier molecular flexibility index (Phi) is 9.91. The highest BCUT2D eigenvalue weighted by Crippen LogP contribution is 2.56. The van der Waals surface area contributed by atoms with E-state index in [1.54, 1.807) is 19.4 Å². The quantitative estimate of drug-likeness (QED) is 0.0985. The van der Waals surface area contributed by atoms with Crippen molar-refractivity contribution in [3.8, 4) is 28.3 Å². The van der Waals surface area contributed by atoms with Crippen LogP contribution in [-0.4, -0.2) is 72.9 Å². The third-order valence-electron chi connectivity index (χ3n) is 11.7. The van der Waals surface area contributed by atoms with Crippen LogP contribution in [0.3, 0.4) is 0 Å². The number of aromatic nitrogens is 4. The number of hydrogen-bond acceptors (Lipinski definition) is 10. The van der Waals surface area contributed by atoms with Crippen LogP contribution >= 0.6 is 11.6 Å². The molecule has 8 rings (SSSR count). The highest BCUT2D eigenvalue weighted by atomic mass is 35.5. The Bertz CT molecular complexity index is 2280. The summed E-state index contributed by atoms with van der Waals surface area (Å²) >= 11 is 7.15. The third kappa shape index (κ3) is 7.10. The first-order chi connectivity index (χ1) is 26.5. The smallest absolute Gasteiger partial charge is 0.309 e. The molecule has 0 spiro atoms. The van der Waals surface area contributed by atoms with Crippen molar-refractivity contribution in [1.29, 1.82) is 0 Å². The Hall–Kier alpha value is -4.82.